The average Bonchev–Trinajstić information content (AvgIpc) is 3.16. The molecular formula is C25H32ClN5O4S. The molecule has 11 heteroatoms. The van der Waals surface area contributed by atoms with Gasteiger partial charge in [-0.3, -0.25) is 0 Å². The fourth-order valence-corrected chi connectivity index (χ4v) is 5.77. The molecule has 2 aromatic heterocycles. The summed E-state index contributed by atoms with van der Waals surface area (Å²) in [6.45, 7) is 4.41. The summed E-state index contributed by atoms with van der Waals surface area (Å²) in [5.41, 5.74) is 2.49. The van der Waals surface area contributed by atoms with Crippen molar-refractivity contribution >= 4 is 44.4 Å². The second-order valence-corrected chi connectivity index (χ2v) is 11.6. The van der Waals surface area contributed by atoms with Gasteiger partial charge in [-0.25, -0.2) is 27.5 Å². The first-order chi connectivity index (χ1) is 17.2. The lowest BCUT2D eigenvalue weighted by Gasteiger charge is -2.34. The number of piperidine rings is 1. The van der Waals surface area contributed by atoms with Crippen LogP contribution >= 0.6 is 11.6 Å². The quantitative estimate of drug-likeness (QED) is 0.388. The predicted molar refractivity (Wildman–Crippen MR) is 141 cm³/mol. The minimum atomic E-state index is -3.35. The van der Waals surface area contributed by atoms with Gasteiger partial charge < -0.3 is 14.2 Å². The van der Waals surface area contributed by atoms with Gasteiger partial charge in [0.2, 0.25) is 16.0 Å². The number of carbonyl (C=O) groups is 1. The molecule has 9 nitrogen and oxygen atoms in total. The van der Waals surface area contributed by atoms with E-state index < -0.39 is 16.0 Å². The molecule has 1 fully saturated rings. The third kappa shape index (κ3) is 6.16. The number of aromatic nitrogens is 3. The van der Waals surface area contributed by atoms with Crippen molar-refractivity contribution in [1.29, 1.82) is 0 Å². The number of sulfonamides is 1. The number of carbonyl (C=O) groups excluding carboxylic acids is 1. The number of aryl methyl sites for hydroxylation is 1. The van der Waals surface area contributed by atoms with Crippen LogP contribution in [-0.4, -0.2) is 72.3 Å². The van der Waals surface area contributed by atoms with E-state index in [4.69, 9.17) is 16.3 Å². The zero-order chi connectivity index (χ0) is 25.9. The molecular weight excluding hydrogens is 502 g/mol. The average molecular weight is 534 g/mol. The molecule has 4 rings (SSSR count). The number of hydrogen-bond donors (Lipinski definition) is 0. The van der Waals surface area contributed by atoms with Crippen molar-refractivity contribution in [2.45, 2.75) is 26.2 Å². The monoisotopic (exact) mass is 533 g/mol. The van der Waals surface area contributed by atoms with Crippen LogP contribution in [0.4, 0.5) is 5.95 Å². The van der Waals surface area contributed by atoms with Gasteiger partial charge in [0, 0.05) is 67.7 Å². The lowest BCUT2D eigenvalue weighted by molar-refractivity contribution is 0.0525. The summed E-state index contributed by atoms with van der Waals surface area (Å²) in [5.74, 6) is 0.378. The number of anilines is 1. The van der Waals surface area contributed by atoms with Crippen LogP contribution in [0.25, 0.3) is 10.9 Å². The van der Waals surface area contributed by atoms with Gasteiger partial charge in [-0.15, -0.1) is 0 Å². The van der Waals surface area contributed by atoms with E-state index >= 15 is 0 Å². The molecule has 1 saturated heterocycles. The standard InChI is InChI=1S/C25H32ClN5O4S/c1-4-35-24(32)20-14-27-25(28-15-20)30-10-7-18(8-11-30)16-31(36(3,33)34)12-9-19-17-29(2)23-6-5-21(26)13-22(19)23/h5-6,13-15,17-18H,4,7-12,16H2,1-3H3. The van der Waals surface area contributed by atoms with Crippen LogP contribution in [0.3, 0.4) is 0 Å². The molecule has 1 aromatic carbocycles. The highest BCUT2D eigenvalue weighted by molar-refractivity contribution is 7.88. The van der Waals surface area contributed by atoms with Gasteiger partial charge in [-0.1, -0.05) is 11.6 Å². The van der Waals surface area contributed by atoms with Crippen molar-refractivity contribution in [3.8, 4) is 0 Å². The Balaban J connectivity index is 1.36. The fourth-order valence-electron chi connectivity index (χ4n) is 4.69. The van der Waals surface area contributed by atoms with Crippen molar-refractivity contribution in [2.24, 2.45) is 13.0 Å². The molecule has 0 aliphatic carbocycles. The Hall–Kier alpha value is -2.69. The van der Waals surface area contributed by atoms with E-state index in [-0.39, 0.29) is 5.92 Å². The molecule has 3 aromatic rings. The molecule has 0 radical (unpaired) electrons. The first-order valence-electron chi connectivity index (χ1n) is 12.1. The second-order valence-electron chi connectivity index (χ2n) is 9.22. The van der Waals surface area contributed by atoms with Gasteiger partial charge in [0.25, 0.3) is 0 Å². The zero-order valence-corrected chi connectivity index (χ0v) is 22.4. The summed E-state index contributed by atoms with van der Waals surface area (Å²) in [7, 11) is -1.37. The van der Waals surface area contributed by atoms with Gasteiger partial charge in [0.05, 0.1) is 18.4 Å². The smallest absolute Gasteiger partial charge is 0.341 e. The second kappa shape index (κ2) is 11.1. The highest BCUT2D eigenvalue weighted by Gasteiger charge is 2.26. The maximum Gasteiger partial charge on any atom is 0.341 e. The third-order valence-corrected chi connectivity index (χ3v) is 8.15. The molecule has 1 aliphatic heterocycles. The number of rotatable bonds is 9. The van der Waals surface area contributed by atoms with Crippen LogP contribution in [0.5, 0.6) is 0 Å². The van der Waals surface area contributed by atoms with Crippen molar-refractivity contribution in [3.63, 3.8) is 0 Å². The molecule has 0 bridgehead atoms. The van der Waals surface area contributed by atoms with E-state index in [0.29, 0.717) is 42.7 Å². The molecule has 0 unspecified atom stereocenters. The van der Waals surface area contributed by atoms with E-state index in [1.807, 2.05) is 36.0 Å². The minimum Gasteiger partial charge on any atom is -0.462 e. The highest BCUT2D eigenvalue weighted by Crippen LogP contribution is 2.26. The highest BCUT2D eigenvalue weighted by atomic mass is 35.5. The van der Waals surface area contributed by atoms with Gasteiger partial charge in [0.1, 0.15) is 0 Å². The van der Waals surface area contributed by atoms with E-state index in [0.717, 1.165) is 42.4 Å². The van der Waals surface area contributed by atoms with Gasteiger partial charge >= 0.3 is 5.97 Å². The van der Waals surface area contributed by atoms with E-state index in [1.54, 1.807) is 11.2 Å². The van der Waals surface area contributed by atoms with Crippen LogP contribution in [0.2, 0.25) is 5.02 Å². The SMILES string of the molecule is CCOC(=O)c1cnc(N2CCC(CN(CCc3cn(C)c4ccc(Cl)cc34)S(C)(=O)=O)CC2)nc1. The van der Waals surface area contributed by atoms with Crippen molar-refractivity contribution < 1.29 is 17.9 Å². The molecule has 0 atom stereocenters. The molecule has 3 heterocycles. The molecule has 1 aliphatic rings. The maximum atomic E-state index is 12.6. The maximum absolute atomic E-state index is 12.6. The van der Waals surface area contributed by atoms with Crippen LogP contribution in [0.15, 0.2) is 36.8 Å². The van der Waals surface area contributed by atoms with Crippen LogP contribution < -0.4 is 4.90 Å². The molecule has 0 N–H and O–H groups in total. The normalized spacial score (nSPS) is 15.1. The van der Waals surface area contributed by atoms with Crippen molar-refractivity contribution in [2.75, 3.05) is 43.9 Å². The Morgan fingerprint density at radius 2 is 1.92 bits per heavy atom. The minimum absolute atomic E-state index is 0.247. The summed E-state index contributed by atoms with van der Waals surface area (Å²) < 4.78 is 33.8. The molecule has 194 valence electrons. The number of benzene rings is 1. The van der Waals surface area contributed by atoms with Crippen molar-refractivity contribution in [3.05, 3.63) is 52.9 Å². The summed E-state index contributed by atoms with van der Waals surface area (Å²) >= 11 is 6.21. The van der Waals surface area contributed by atoms with Crippen LogP contribution in [0.1, 0.15) is 35.7 Å². The fraction of sp³-hybridized carbons (Fsp3) is 0.480. The first-order valence-corrected chi connectivity index (χ1v) is 14.3. The lowest BCUT2D eigenvalue weighted by Crippen LogP contribution is -2.41. The number of ether oxygens (including phenoxy) is 1. The number of hydrogen-bond acceptors (Lipinski definition) is 7. The van der Waals surface area contributed by atoms with Gasteiger partial charge in [-0.05, 0) is 55.9 Å². The van der Waals surface area contributed by atoms with Gasteiger partial charge in [0.15, 0.2) is 0 Å². The summed E-state index contributed by atoms with van der Waals surface area (Å²) in [6, 6.07) is 5.79. The zero-order valence-electron chi connectivity index (χ0n) is 20.9. The molecule has 0 saturated carbocycles. The summed E-state index contributed by atoms with van der Waals surface area (Å²) in [5, 5.41) is 1.72. The van der Waals surface area contributed by atoms with E-state index in [9.17, 15) is 13.2 Å². The Morgan fingerprint density at radius 1 is 1.22 bits per heavy atom. The number of nitrogens with zero attached hydrogens (tertiary/aromatic N) is 5. The van der Waals surface area contributed by atoms with Crippen molar-refractivity contribution in [1.82, 2.24) is 18.8 Å². The Bertz CT molecular complexity index is 1320. The van der Waals surface area contributed by atoms with E-state index in [1.165, 1.54) is 18.6 Å². The Morgan fingerprint density at radius 3 is 2.56 bits per heavy atom. The number of esters is 1. The third-order valence-electron chi connectivity index (χ3n) is 6.64. The van der Waals surface area contributed by atoms with Crippen LogP contribution in [0, 0.1) is 5.92 Å². The Labute approximate surface area is 217 Å². The summed E-state index contributed by atoms with van der Waals surface area (Å²) in [4.78, 5) is 22.5. The predicted octanol–water partition coefficient (Wildman–Crippen LogP) is 3.52. The lowest BCUT2D eigenvalue weighted by atomic mass is 9.97. The number of fused-ring (bicyclic) bond motifs is 1. The Kier molecular flexibility index (Phi) is 8.17. The molecule has 0 amide bonds. The summed E-state index contributed by atoms with van der Waals surface area (Å²) in [6.07, 6.45) is 8.58. The van der Waals surface area contributed by atoms with Gasteiger partial charge in [-0.2, -0.15) is 0 Å². The first kappa shape index (κ1) is 26.4. The van der Waals surface area contributed by atoms with E-state index in [2.05, 4.69) is 14.9 Å². The molecule has 36 heavy (non-hydrogen) atoms. The molecule has 0 spiro atoms. The number of halogens is 1. The largest absolute Gasteiger partial charge is 0.462 e. The topological polar surface area (TPSA) is 97.6 Å². The van der Waals surface area contributed by atoms with Crippen LogP contribution in [-0.2, 0) is 28.2 Å².